The van der Waals surface area contributed by atoms with Gasteiger partial charge in [0.2, 0.25) is 0 Å². The molecule has 3 aromatic rings. The molecule has 0 aromatic heterocycles. The van der Waals surface area contributed by atoms with Crippen molar-refractivity contribution in [2.24, 2.45) is 0 Å². The largest absolute Gasteiger partial charge is 0.497 e. The first-order valence-electron chi connectivity index (χ1n) is 10.5. The monoisotopic (exact) mass is 463 g/mol. The zero-order chi connectivity index (χ0) is 23.4. The number of carbonyl (C=O) groups excluding carboxylic acids is 1. The summed E-state index contributed by atoms with van der Waals surface area (Å²) in [5.41, 5.74) is 3.41. The van der Waals surface area contributed by atoms with Gasteiger partial charge < -0.3 is 9.47 Å². The molecular formula is C26H25NO5S. The molecule has 1 unspecified atom stereocenters. The van der Waals surface area contributed by atoms with Gasteiger partial charge in [-0.3, -0.25) is 4.90 Å². The molecule has 3 aromatic carbocycles. The van der Waals surface area contributed by atoms with Crippen LogP contribution in [-0.4, -0.2) is 27.7 Å². The van der Waals surface area contributed by atoms with Crippen molar-refractivity contribution >= 4 is 21.6 Å². The lowest BCUT2D eigenvalue weighted by Gasteiger charge is -2.23. The Morgan fingerprint density at radius 3 is 2.48 bits per heavy atom. The fraction of sp³-hybridized carbons (Fsp3) is 0.192. The molecular weight excluding hydrogens is 438 g/mol. The fourth-order valence-corrected chi connectivity index (χ4v) is 4.82. The summed E-state index contributed by atoms with van der Waals surface area (Å²) >= 11 is 0. The highest BCUT2D eigenvalue weighted by atomic mass is 32.2. The number of hydrogen-bond acceptors (Lipinski definition) is 5. The molecule has 0 radical (unpaired) electrons. The topological polar surface area (TPSA) is 72.9 Å². The number of benzene rings is 3. The van der Waals surface area contributed by atoms with Gasteiger partial charge in [-0.05, 0) is 60.9 Å². The first-order chi connectivity index (χ1) is 15.9. The van der Waals surface area contributed by atoms with E-state index in [2.05, 4.69) is 0 Å². The number of rotatable bonds is 6. The minimum absolute atomic E-state index is 0.125. The van der Waals surface area contributed by atoms with E-state index in [1.807, 2.05) is 43.3 Å². The lowest BCUT2D eigenvalue weighted by molar-refractivity contribution is 0.146. The van der Waals surface area contributed by atoms with Crippen molar-refractivity contribution < 1.29 is 22.7 Å². The number of amides is 1. The summed E-state index contributed by atoms with van der Waals surface area (Å²) < 4.78 is 36.5. The molecule has 7 heteroatoms. The van der Waals surface area contributed by atoms with Gasteiger partial charge in [0, 0.05) is 5.41 Å². The van der Waals surface area contributed by atoms with E-state index in [9.17, 15) is 13.2 Å². The lowest BCUT2D eigenvalue weighted by Crippen LogP contribution is -2.37. The molecule has 1 aliphatic heterocycles. The van der Waals surface area contributed by atoms with Crippen LogP contribution >= 0.6 is 0 Å². The molecule has 0 fully saturated rings. The summed E-state index contributed by atoms with van der Waals surface area (Å²) in [6.45, 7) is 2.02. The number of sulfone groups is 1. The van der Waals surface area contributed by atoms with Crippen LogP contribution in [0.4, 0.5) is 10.5 Å². The molecule has 1 atom stereocenters. The molecule has 0 saturated heterocycles. The first-order valence-corrected chi connectivity index (χ1v) is 12.1. The number of aryl methyl sites for hydroxylation is 1. The standard InChI is InChI=1S/C26H25NO5S/c1-19-8-11-24(12-9-19)33(29,30)15-14-22-16-21-17-23(31-2)10-13-25(21)27(22)26(28)32-18-20-6-4-3-5-7-20/h3-15,17,22H,16,18H2,1-2H3/b15-14+. The first kappa shape index (κ1) is 22.6. The third-order valence-corrected chi connectivity index (χ3v) is 6.98. The van der Waals surface area contributed by atoms with Gasteiger partial charge in [0.15, 0.2) is 9.84 Å². The Hall–Kier alpha value is -3.58. The Morgan fingerprint density at radius 2 is 1.79 bits per heavy atom. The molecule has 170 valence electrons. The summed E-state index contributed by atoms with van der Waals surface area (Å²) in [6, 6.07) is 21.0. The minimum Gasteiger partial charge on any atom is -0.497 e. The van der Waals surface area contributed by atoms with Crippen LogP contribution in [0.25, 0.3) is 0 Å². The van der Waals surface area contributed by atoms with E-state index in [0.717, 1.165) is 16.7 Å². The average molecular weight is 464 g/mol. The summed E-state index contributed by atoms with van der Waals surface area (Å²) in [4.78, 5) is 14.8. The Balaban J connectivity index is 1.60. The number of carbonyl (C=O) groups is 1. The normalized spacial score (nSPS) is 15.5. The Bertz CT molecular complexity index is 1270. The van der Waals surface area contributed by atoms with E-state index in [1.54, 1.807) is 49.6 Å². The molecule has 1 aliphatic rings. The fourth-order valence-electron chi connectivity index (χ4n) is 3.76. The highest BCUT2D eigenvalue weighted by Crippen LogP contribution is 2.36. The van der Waals surface area contributed by atoms with Gasteiger partial charge in [-0.25, -0.2) is 13.2 Å². The van der Waals surface area contributed by atoms with Crippen molar-refractivity contribution in [3.05, 3.63) is 101 Å². The summed E-state index contributed by atoms with van der Waals surface area (Å²) in [5, 5.41) is 1.17. The minimum atomic E-state index is -3.65. The maximum atomic E-state index is 13.1. The van der Waals surface area contributed by atoms with E-state index in [-0.39, 0.29) is 11.5 Å². The Kier molecular flexibility index (Phi) is 6.51. The molecule has 6 nitrogen and oxygen atoms in total. The van der Waals surface area contributed by atoms with Crippen LogP contribution in [0.5, 0.6) is 5.75 Å². The van der Waals surface area contributed by atoms with Crippen molar-refractivity contribution in [1.82, 2.24) is 0 Å². The van der Waals surface area contributed by atoms with E-state index in [4.69, 9.17) is 9.47 Å². The van der Waals surface area contributed by atoms with E-state index in [1.165, 1.54) is 10.3 Å². The number of fused-ring (bicyclic) bond motifs is 1. The lowest BCUT2D eigenvalue weighted by atomic mass is 10.1. The van der Waals surface area contributed by atoms with Crippen molar-refractivity contribution in [2.45, 2.75) is 30.9 Å². The maximum absolute atomic E-state index is 13.1. The van der Waals surface area contributed by atoms with Gasteiger partial charge in [-0.1, -0.05) is 48.0 Å². The molecule has 0 spiro atoms. The molecule has 1 heterocycles. The van der Waals surface area contributed by atoms with Crippen LogP contribution in [0.15, 0.2) is 89.2 Å². The quantitative estimate of drug-likeness (QED) is 0.511. The second kappa shape index (κ2) is 9.50. The van der Waals surface area contributed by atoms with Crippen LogP contribution in [0, 0.1) is 6.92 Å². The van der Waals surface area contributed by atoms with Crippen molar-refractivity contribution in [1.29, 1.82) is 0 Å². The molecule has 33 heavy (non-hydrogen) atoms. The average Bonchev–Trinajstić information content (AvgIpc) is 3.20. The number of nitrogens with zero attached hydrogens (tertiary/aromatic N) is 1. The molecule has 4 rings (SSSR count). The molecule has 0 saturated carbocycles. The summed E-state index contributed by atoms with van der Waals surface area (Å²) in [7, 11) is -2.08. The second-order valence-electron chi connectivity index (χ2n) is 7.86. The third-order valence-electron chi connectivity index (χ3n) is 5.54. The molecule has 1 amide bonds. The molecule has 0 aliphatic carbocycles. The third kappa shape index (κ3) is 5.09. The number of hydrogen-bond donors (Lipinski definition) is 0. The van der Waals surface area contributed by atoms with E-state index >= 15 is 0 Å². The highest BCUT2D eigenvalue weighted by Gasteiger charge is 2.34. The van der Waals surface area contributed by atoms with Gasteiger partial charge in [-0.15, -0.1) is 0 Å². The predicted molar refractivity (Wildman–Crippen MR) is 127 cm³/mol. The van der Waals surface area contributed by atoms with Crippen molar-refractivity contribution in [3.63, 3.8) is 0 Å². The highest BCUT2D eigenvalue weighted by molar-refractivity contribution is 7.94. The van der Waals surface area contributed by atoms with Crippen LogP contribution in [0.2, 0.25) is 0 Å². The molecule has 0 bridgehead atoms. The Morgan fingerprint density at radius 1 is 1.06 bits per heavy atom. The molecule has 0 N–H and O–H groups in total. The van der Waals surface area contributed by atoms with Crippen molar-refractivity contribution in [3.8, 4) is 5.75 Å². The Labute approximate surface area is 194 Å². The second-order valence-corrected chi connectivity index (χ2v) is 9.70. The maximum Gasteiger partial charge on any atom is 0.415 e. The van der Waals surface area contributed by atoms with Crippen LogP contribution in [0.3, 0.4) is 0 Å². The zero-order valence-electron chi connectivity index (χ0n) is 18.5. The predicted octanol–water partition coefficient (Wildman–Crippen LogP) is 5.06. The SMILES string of the molecule is COc1ccc2c(c1)CC(/C=C/S(=O)(=O)c1ccc(C)cc1)N2C(=O)OCc1ccccc1. The van der Waals surface area contributed by atoms with Crippen molar-refractivity contribution in [2.75, 3.05) is 12.0 Å². The summed E-state index contributed by atoms with van der Waals surface area (Å²) in [5.74, 6) is 0.670. The number of methoxy groups -OCH3 is 1. The van der Waals surface area contributed by atoms with Crippen LogP contribution < -0.4 is 9.64 Å². The summed E-state index contributed by atoms with van der Waals surface area (Å²) in [6.07, 6.45) is 1.46. The van der Waals surface area contributed by atoms with Gasteiger partial charge in [0.1, 0.15) is 12.4 Å². The van der Waals surface area contributed by atoms with Gasteiger partial charge in [0.25, 0.3) is 0 Å². The van der Waals surface area contributed by atoms with E-state index < -0.39 is 22.0 Å². The van der Waals surface area contributed by atoms with Crippen LogP contribution in [0.1, 0.15) is 16.7 Å². The zero-order valence-corrected chi connectivity index (χ0v) is 19.3. The van der Waals surface area contributed by atoms with Gasteiger partial charge >= 0.3 is 6.09 Å². The van der Waals surface area contributed by atoms with Crippen LogP contribution in [-0.2, 0) is 27.6 Å². The van der Waals surface area contributed by atoms with Gasteiger partial charge in [-0.2, -0.15) is 0 Å². The smallest absolute Gasteiger partial charge is 0.415 e. The van der Waals surface area contributed by atoms with Gasteiger partial charge in [0.05, 0.1) is 23.7 Å². The van der Waals surface area contributed by atoms with E-state index in [0.29, 0.717) is 17.9 Å². The number of anilines is 1. The number of ether oxygens (including phenoxy) is 2.